The summed E-state index contributed by atoms with van der Waals surface area (Å²) in [7, 11) is 2.77. The van der Waals surface area contributed by atoms with Gasteiger partial charge in [0.25, 0.3) is 11.8 Å². The lowest BCUT2D eigenvalue weighted by Gasteiger charge is -2.50. The number of phenols is 1. The number of aromatic hydroxyl groups is 1. The van der Waals surface area contributed by atoms with Crippen LogP contribution in [0.2, 0.25) is 0 Å². The normalized spacial score (nSPS) is 27.6. The van der Waals surface area contributed by atoms with Gasteiger partial charge in [-0.15, -0.1) is 23.2 Å². The lowest BCUT2D eigenvalue weighted by Crippen LogP contribution is -2.60. The van der Waals surface area contributed by atoms with Crippen molar-refractivity contribution in [3.63, 3.8) is 0 Å². The first kappa shape index (κ1) is 34.7. The molecule has 1 saturated carbocycles. The molecule has 2 aliphatic heterocycles. The van der Waals surface area contributed by atoms with Gasteiger partial charge >= 0.3 is 0 Å². The average Bonchev–Trinajstić information content (AvgIpc) is 3.50. The number of imide groups is 2. The Bertz CT molecular complexity index is 2220. The van der Waals surface area contributed by atoms with E-state index in [9.17, 15) is 28.7 Å². The second-order valence-corrected chi connectivity index (χ2v) is 14.8. The highest BCUT2D eigenvalue weighted by Gasteiger charge is 2.77. The average molecular weight is 757 g/mol. The van der Waals surface area contributed by atoms with Crippen molar-refractivity contribution in [3.05, 3.63) is 114 Å². The van der Waals surface area contributed by atoms with Crippen molar-refractivity contribution >= 4 is 69.6 Å². The van der Waals surface area contributed by atoms with Crippen LogP contribution < -0.4 is 24.6 Å². The number of allylic oxidation sites excluding steroid dienone is 2. The molecule has 4 aromatic carbocycles. The third-order valence-corrected chi connectivity index (χ3v) is 12.3. The molecule has 2 heterocycles. The van der Waals surface area contributed by atoms with E-state index in [-0.39, 0.29) is 41.3 Å². The van der Waals surface area contributed by atoms with Gasteiger partial charge in [-0.1, -0.05) is 29.8 Å². The van der Waals surface area contributed by atoms with Gasteiger partial charge in [-0.2, -0.15) is 0 Å². The maximum atomic E-state index is 14.7. The number of fused-ring (bicyclic) bond motifs is 4. The van der Waals surface area contributed by atoms with E-state index in [0.29, 0.717) is 11.3 Å². The highest BCUT2D eigenvalue weighted by molar-refractivity contribution is 6.58. The Kier molecular flexibility index (Phi) is 8.27. The van der Waals surface area contributed by atoms with Crippen LogP contribution in [0.4, 0.5) is 27.1 Å². The molecular weight excluding hydrogens is 724 g/mol. The van der Waals surface area contributed by atoms with E-state index in [2.05, 4.69) is 5.32 Å². The number of hydrogen-bond donors (Lipinski definition) is 2. The number of anilines is 4. The van der Waals surface area contributed by atoms with Gasteiger partial charge in [0, 0.05) is 35.0 Å². The van der Waals surface area contributed by atoms with Crippen molar-refractivity contribution < 1.29 is 38.1 Å². The summed E-state index contributed by atoms with van der Waals surface area (Å²) in [5.74, 6) is -7.22. The van der Waals surface area contributed by atoms with Crippen molar-refractivity contribution in [1.82, 2.24) is 0 Å². The molecule has 4 aromatic rings. The molecule has 2 aliphatic carbocycles. The first-order valence-corrected chi connectivity index (χ1v) is 17.7. The monoisotopic (exact) mass is 755 g/mol. The van der Waals surface area contributed by atoms with Crippen LogP contribution in [0, 0.1) is 23.6 Å². The summed E-state index contributed by atoms with van der Waals surface area (Å²) in [4.78, 5) is 55.4. The molecule has 4 amide bonds. The zero-order chi connectivity index (χ0) is 37.4. The highest BCUT2D eigenvalue weighted by atomic mass is 35.5. The topological polar surface area (TPSA) is 125 Å². The van der Waals surface area contributed by atoms with E-state index in [1.807, 2.05) is 30.3 Å². The minimum atomic E-state index is -2.26. The molecule has 6 unspecified atom stereocenters. The smallest absolute Gasteiger partial charge is 0.258 e. The molecule has 2 saturated heterocycles. The van der Waals surface area contributed by atoms with Crippen LogP contribution in [0.3, 0.4) is 0 Å². The Hall–Kier alpha value is -5.39. The predicted octanol–water partition coefficient (Wildman–Crippen LogP) is 7.06. The van der Waals surface area contributed by atoms with Crippen LogP contribution in [0.25, 0.3) is 0 Å². The quantitative estimate of drug-likeness (QED) is 0.117. The first-order chi connectivity index (χ1) is 25.4. The number of benzene rings is 4. The number of para-hydroxylation sites is 1. The second-order valence-electron chi connectivity index (χ2n) is 13.6. The number of phenolic OH excluding ortho intramolecular Hbond substituents is 1. The molecule has 2 N–H and O–H groups in total. The van der Waals surface area contributed by atoms with Crippen molar-refractivity contribution in [3.8, 4) is 17.2 Å². The fraction of sp³-hybridized carbons (Fsp3) is 0.250. The third kappa shape index (κ3) is 5.04. The molecule has 53 heavy (non-hydrogen) atoms. The molecule has 8 rings (SSSR count). The van der Waals surface area contributed by atoms with Gasteiger partial charge in [0.15, 0.2) is 9.75 Å². The number of rotatable bonds is 7. The number of amides is 4. The third-order valence-electron chi connectivity index (χ3n) is 10.9. The van der Waals surface area contributed by atoms with E-state index in [0.717, 1.165) is 33.3 Å². The van der Waals surface area contributed by atoms with Crippen LogP contribution in [0.1, 0.15) is 24.3 Å². The van der Waals surface area contributed by atoms with Gasteiger partial charge in [-0.3, -0.25) is 24.1 Å². The van der Waals surface area contributed by atoms with E-state index in [1.54, 1.807) is 30.3 Å². The van der Waals surface area contributed by atoms with Crippen molar-refractivity contribution in [2.45, 2.75) is 28.5 Å². The summed E-state index contributed by atoms with van der Waals surface area (Å²) < 4.78 is 25.0. The van der Waals surface area contributed by atoms with Crippen LogP contribution in [-0.4, -0.2) is 52.7 Å². The van der Waals surface area contributed by atoms with Gasteiger partial charge in [-0.05, 0) is 79.4 Å². The summed E-state index contributed by atoms with van der Waals surface area (Å²) in [6, 6.07) is 24.0. The Balaban J connectivity index is 1.24. The maximum Gasteiger partial charge on any atom is 0.258 e. The number of methoxy groups -OCH3 is 2. The molecule has 0 radical (unpaired) electrons. The van der Waals surface area contributed by atoms with Gasteiger partial charge in [0.05, 0.1) is 37.4 Å². The largest absolute Gasteiger partial charge is 0.507 e. The minimum absolute atomic E-state index is 0.0406. The van der Waals surface area contributed by atoms with Crippen LogP contribution in [0.5, 0.6) is 17.2 Å². The number of hydrogen-bond acceptors (Lipinski definition) is 8. The molecule has 3 fully saturated rings. The number of ether oxygens (including phenoxy) is 2. The van der Waals surface area contributed by atoms with E-state index in [1.165, 1.54) is 38.5 Å². The molecule has 0 aromatic heterocycles. The number of alkyl halides is 2. The molecule has 10 nitrogen and oxygen atoms in total. The number of halogens is 3. The van der Waals surface area contributed by atoms with Gasteiger partial charge in [0.1, 0.15) is 23.1 Å². The number of nitrogens with one attached hydrogen (secondary N) is 1. The molecule has 270 valence electrons. The molecule has 0 spiro atoms. The van der Waals surface area contributed by atoms with Gasteiger partial charge < -0.3 is 19.9 Å². The number of nitrogens with zero attached hydrogens (tertiary/aromatic N) is 2. The fourth-order valence-electron chi connectivity index (χ4n) is 8.52. The van der Waals surface area contributed by atoms with E-state index >= 15 is 0 Å². The van der Waals surface area contributed by atoms with E-state index < -0.39 is 62.9 Å². The zero-order valence-electron chi connectivity index (χ0n) is 28.4. The summed E-state index contributed by atoms with van der Waals surface area (Å²) in [5.41, 5.74) is 2.55. The number of carbonyl (C=O) groups excluding carboxylic acids is 4. The van der Waals surface area contributed by atoms with Crippen LogP contribution in [0.15, 0.2) is 103 Å². The minimum Gasteiger partial charge on any atom is -0.507 e. The molecule has 0 bridgehead atoms. The van der Waals surface area contributed by atoms with Crippen molar-refractivity contribution in [2.24, 2.45) is 17.8 Å². The highest BCUT2D eigenvalue weighted by Crippen LogP contribution is 2.67. The summed E-state index contributed by atoms with van der Waals surface area (Å²) in [6.45, 7) is 0. The molecular formula is C40H32Cl2FN3O7. The SMILES string of the molecule is COc1cc(O)c(C2C3=CCC4C(=O)N(c5ccc(Nc6ccccc6)cc5)C(=O)C4C3CC3(Cl)C(=O)N(c4ccc(F)cc4)C(=O)C23Cl)c(OC)c1. The lowest BCUT2D eigenvalue weighted by molar-refractivity contribution is -0.125. The standard InChI is InChI=1S/C40H32Cl2FN3O7/c1-52-26-18-30(47)33(31(19-26)53-2)34-27-16-17-28-32(36(49)45(35(28)48)24-14-10-23(11-15-24)44-22-6-4-3-5-7-22)29(27)20-39(41)37(50)46(38(51)40(34,39)42)25-12-8-21(43)9-13-25/h3-16,18-19,28-29,32,34,44,47H,17,20H2,1-2H3. The molecule has 6 atom stereocenters. The van der Waals surface area contributed by atoms with Gasteiger partial charge in [0.2, 0.25) is 11.8 Å². The second kappa shape index (κ2) is 12.6. The number of carbonyl (C=O) groups is 4. The van der Waals surface area contributed by atoms with Crippen LogP contribution >= 0.6 is 23.2 Å². The Morgan fingerprint density at radius 2 is 1.43 bits per heavy atom. The Morgan fingerprint density at radius 1 is 0.792 bits per heavy atom. The Morgan fingerprint density at radius 3 is 2.09 bits per heavy atom. The maximum absolute atomic E-state index is 14.7. The zero-order valence-corrected chi connectivity index (χ0v) is 29.9. The molecule has 4 aliphatic rings. The van der Waals surface area contributed by atoms with Crippen molar-refractivity contribution in [2.75, 3.05) is 29.3 Å². The van der Waals surface area contributed by atoms with Crippen molar-refractivity contribution in [1.29, 1.82) is 0 Å². The summed E-state index contributed by atoms with van der Waals surface area (Å²) in [6.07, 6.45) is 1.60. The summed E-state index contributed by atoms with van der Waals surface area (Å²) in [5, 5.41) is 14.9. The first-order valence-electron chi connectivity index (χ1n) is 16.9. The Labute approximate surface area is 313 Å². The molecule has 13 heteroatoms. The summed E-state index contributed by atoms with van der Waals surface area (Å²) >= 11 is 14.9. The van der Waals surface area contributed by atoms with Gasteiger partial charge in [-0.25, -0.2) is 9.29 Å². The van der Waals surface area contributed by atoms with Crippen LogP contribution in [-0.2, 0) is 19.2 Å². The predicted molar refractivity (Wildman–Crippen MR) is 196 cm³/mol. The van der Waals surface area contributed by atoms with E-state index in [4.69, 9.17) is 32.7 Å². The fourth-order valence-corrected chi connectivity index (χ4v) is 9.43. The lowest BCUT2D eigenvalue weighted by atomic mass is 9.56.